The molecule has 2 aromatic rings. The van der Waals surface area contributed by atoms with Crippen molar-refractivity contribution < 1.29 is 4.52 Å². The molecule has 7 heteroatoms. The Morgan fingerprint density at radius 2 is 2.27 bits per heavy atom. The van der Waals surface area contributed by atoms with Gasteiger partial charge in [0, 0.05) is 6.07 Å². The highest BCUT2D eigenvalue weighted by Crippen LogP contribution is 2.16. The second-order valence-electron chi connectivity index (χ2n) is 2.75. The normalized spacial score (nSPS) is 10.5. The van der Waals surface area contributed by atoms with E-state index in [9.17, 15) is 4.79 Å². The Morgan fingerprint density at radius 1 is 1.47 bits per heavy atom. The van der Waals surface area contributed by atoms with Crippen LogP contribution in [0.25, 0.3) is 0 Å². The number of hydrogen-bond donors (Lipinski definition) is 0. The minimum absolute atomic E-state index is 0.222. The molecule has 0 atom stereocenters. The van der Waals surface area contributed by atoms with E-state index >= 15 is 0 Å². The molecule has 0 saturated heterocycles. The molecule has 0 fully saturated rings. The van der Waals surface area contributed by atoms with Crippen LogP contribution in [0, 0.1) is 0 Å². The van der Waals surface area contributed by atoms with Crippen LogP contribution in [0.3, 0.4) is 0 Å². The van der Waals surface area contributed by atoms with Gasteiger partial charge in [0.2, 0.25) is 0 Å². The van der Waals surface area contributed by atoms with Gasteiger partial charge in [0.05, 0.1) is 16.9 Å². The molecular formula is C8H5Br2N3O2. The first-order chi connectivity index (χ1) is 7.18. The van der Waals surface area contributed by atoms with E-state index in [4.69, 9.17) is 4.52 Å². The molecule has 0 aliphatic carbocycles. The van der Waals surface area contributed by atoms with E-state index in [1.165, 1.54) is 10.9 Å². The fraction of sp³-hybridized carbons (Fsp3) is 0.125. The highest BCUT2D eigenvalue weighted by atomic mass is 79.9. The fourth-order valence-corrected chi connectivity index (χ4v) is 1.60. The van der Waals surface area contributed by atoms with Gasteiger partial charge < -0.3 is 4.52 Å². The first-order valence-corrected chi connectivity index (χ1v) is 5.58. The molecule has 0 radical (unpaired) electrons. The maximum Gasteiger partial charge on any atom is 0.282 e. The van der Waals surface area contributed by atoms with Crippen molar-refractivity contribution in [2.75, 3.05) is 0 Å². The van der Waals surface area contributed by atoms with E-state index in [0.717, 1.165) is 0 Å². The van der Waals surface area contributed by atoms with Crippen LogP contribution in [0.15, 0.2) is 36.7 Å². The van der Waals surface area contributed by atoms with Crippen molar-refractivity contribution in [2.45, 2.75) is 6.54 Å². The second kappa shape index (κ2) is 4.28. The van der Waals surface area contributed by atoms with Crippen LogP contribution in [0.2, 0.25) is 0 Å². The van der Waals surface area contributed by atoms with Crippen LogP contribution in [-0.2, 0) is 6.54 Å². The Bertz CT molecular complexity index is 521. The van der Waals surface area contributed by atoms with Gasteiger partial charge in [0.25, 0.3) is 5.56 Å². The molecule has 0 aliphatic rings. The maximum absolute atomic E-state index is 11.7. The van der Waals surface area contributed by atoms with Gasteiger partial charge >= 0.3 is 0 Å². The minimum atomic E-state index is -0.222. The Balaban J connectivity index is 2.38. The number of hydrogen-bond acceptors (Lipinski definition) is 4. The Hall–Kier alpha value is -0.950. The van der Waals surface area contributed by atoms with Gasteiger partial charge in [0.15, 0.2) is 5.76 Å². The Labute approximate surface area is 101 Å². The third-order valence-electron chi connectivity index (χ3n) is 1.74. The maximum atomic E-state index is 11.7. The van der Waals surface area contributed by atoms with Crippen molar-refractivity contribution >= 4 is 31.9 Å². The lowest BCUT2D eigenvalue weighted by Gasteiger charge is -2.02. The molecule has 15 heavy (non-hydrogen) atoms. The van der Waals surface area contributed by atoms with E-state index in [2.05, 4.69) is 42.1 Å². The van der Waals surface area contributed by atoms with Crippen molar-refractivity contribution in [3.8, 4) is 0 Å². The van der Waals surface area contributed by atoms with Gasteiger partial charge in [0.1, 0.15) is 11.0 Å². The molecule has 5 nitrogen and oxygen atoms in total. The first-order valence-electron chi connectivity index (χ1n) is 3.99. The van der Waals surface area contributed by atoms with Crippen LogP contribution < -0.4 is 5.56 Å². The quantitative estimate of drug-likeness (QED) is 0.840. The van der Waals surface area contributed by atoms with Crippen molar-refractivity contribution in [1.82, 2.24) is 14.9 Å². The molecule has 0 amide bonds. The van der Waals surface area contributed by atoms with Crippen molar-refractivity contribution in [1.29, 1.82) is 0 Å². The smallest absolute Gasteiger partial charge is 0.282 e. The largest absolute Gasteiger partial charge is 0.359 e. The van der Waals surface area contributed by atoms with E-state index < -0.39 is 0 Å². The monoisotopic (exact) mass is 333 g/mol. The fourth-order valence-electron chi connectivity index (χ4n) is 1.03. The summed E-state index contributed by atoms with van der Waals surface area (Å²) in [6.07, 6.45) is 3.07. The molecule has 0 bridgehead atoms. The Morgan fingerprint density at radius 3 is 2.93 bits per heavy atom. The lowest BCUT2D eigenvalue weighted by Crippen LogP contribution is -2.23. The summed E-state index contributed by atoms with van der Waals surface area (Å²) >= 11 is 6.37. The number of rotatable bonds is 2. The standard InChI is InChI=1S/C8H5Br2N3O2/c9-6-3-11-13(8(14)7(6)10)4-5-1-2-12-15-5/h1-3H,4H2. The van der Waals surface area contributed by atoms with Crippen molar-refractivity contribution in [2.24, 2.45) is 0 Å². The summed E-state index contributed by atoms with van der Waals surface area (Å²) in [6, 6.07) is 1.68. The summed E-state index contributed by atoms with van der Waals surface area (Å²) in [6.45, 7) is 0.269. The minimum Gasteiger partial charge on any atom is -0.359 e. The van der Waals surface area contributed by atoms with Gasteiger partial charge in [-0.15, -0.1) is 0 Å². The molecule has 0 aliphatic heterocycles. The molecule has 0 unspecified atom stereocenters. The summed E-state index contributed by atoms with van der Waals surface area (Å²) in [5.41, 5.74) is -0.222. The van der Waals surface area contributed by atoms with Crippen LogP contribution in [-0.4, -0.2) is 14.9 Å². The van der Waals surface area contributed by atoms with E-state index in [0.29, 0.717) is 14.7 Å². The van der Waals surface area contributed by atoms with Gasteiger partial charge in [-0.3, -0.25) is 4.79 Å². The number of aromatic nitrogens is 3. The summed E-state index contributed by atoms with van der Waals surface area (Å²) in [4.78, 5) is 11.7. The SMILES string of the molecule is O=c1c(Br)c(Br)cnn1Cc1ccno1. The number of halogens is 2. The average Bonchev–Trinajstić information content (AvgIpc) is 2.72. The zero-order chi connectivity index (χ0) is 10.8. The van der Waals surface area contributed by atoms with Gasteiger partial charge in [-0.05, 0) is 31.9 Å². The van der Waals surface area contributed by atoms with Crippen molar-refractivity contribution in [3.05, 3.63) is 43.5 Å². The van der Waals surface area contributed by atoms with E-state index in [-0.39, 0.29) is 12.1 Å². The van der Waals surface area contributed by atoms with Crippen LogP contribution >= 0.6 is 31.9 Å². The van der Waals surface area contributed by atoms with Crippen LogP contribution in [0.5, 0.6) is 0 Å². The third kappa shape index (κ3) is 2.18. The van der Waals surface area contributed by atoms with E-state index in [1.54, 1.807) is 12.3 Å². The third-order valence-corrected chi connectivity index (χ3v) is 3.64. The lowest BCUT2D eigenvalue weighted by atomic mass is 10.4. The zero-order valence-electron chi connectivity index (χ0n) is 7.35. The van der Waals surface area contributed by atoms with Gasteiger partial charge in [-0.1, -0.05) is 5.16 Å². The summed E-state index contributed by atoms with van der Waals surface area (Å²) in [7, 11) is 0. The number of nitrogens with zero attached hydrogens (tertiary/aromatic N) is 3. The highest BCUT2D eigenvalue weighted by Gasteiger charge is 2.08. The predicted octanol–water partition coefficient (Wildman–Crippen LogP) is 1.80. The lowest BCUT2D eigenvalue weighted by molar-refractivity contribution is 0.368. The molecule has 0 spiro atoms. The topological polar surface area (TPSA) is 60.9 Å². The average molecular weight is 335 g/mol. The molecular weight excluding hydrogens is 330 g/mol. The Kier molecular flexibility index (Phi) is 3.01. The summed E-state index contributed by atoms with van der Waals surface area (Å²) in [5, 5.41) is 7.50. The van der Waals surface area contributed by atoms with Crippen LogP contribution in [0.4, 0.5) is 0 Å². The van der Waals surface area contributed by atoms with Gasteiger partial charge in [-0.25, -0.2) is 4.68 Å². The van der Waals surface area contributed by atoms with E-state index in [1.807, 2.05) is 0 Å². The zero-order valence-corrected chi connectivity index (χ0v) is 10.5. The molecule has 0 saturated carbocycles. The molecule has 2 rings (SSSR count). The molecule has 0 aromatic carbocycles. The predicted molar refractivity (Wildman–Crippen MR) is 59.5 cm³/mol. The first kappa shape index (κ1) is 10.6. The van der Waals surface area contributed by atoms with Crippen molar-refractivity contribution in [3.63, 3.8) is 0 Å². The van der Waals surface area contributed by atoms with Crippen LogP contribution in [0.1, 0.15) is 5.76 Å². The molecule has 2 heterocycles. The molecule has 0 N–H and O–H groups in total. The highest BCUT2D eigenvalue weighted by molar-refractivity contribution is 9.13. The summed E-state index contributed by atoms with van der Waals surface area (Å²) in [5.74, 6) is 0.582. The summed E-state index contributed by atoms with van der Waals surface area (Å²) < 4.78 is 7.24. The second-order valence-corrected chi connectivity index (χ2v) is 4.40. The van der Waals surface area contributed by atoms with Gasteiger partial charge in [-0.2, -0.15) is 5.10 Å². The molecule has 2 aromatic heterocycles. The molecule has 78 valence electrons.